The maximum absolute atomic E-state index is 12.0. The van der Waals surface area contributed by atoms with Crippen molar-refractivity contribution in [2.75, 3.05) is 11.9 Å². The number of ether oxygens (including phenoxy) is 1. The molecule has 1 amide bonds. The SMILES string of the molecule is CCc1c(C)sc(NC(=O)CCC2CCCO2)c1C(=O)O. The summed E-state index contributed by atoms with van der Waals surface area (Å²) in [5, 5.41) is 12.5. The van der Waals surface area contributed by atoms with E-state index in [0.29, 0.717) is 24.3 Å². The molecule has 1 aromatic heterocycles. The average Bonchev–Trinajstić information content (AvgIpc) is 3.03. The van der Waals surface area contributed by atoms with Crippen molar-refractivity contribution in [1.82, 2.24) is 0 Å². The smallest absolute Gasteiger partial charge is 0.339 e. The Kier molecular flexibility index (Phi) is 5.36. The minimum atomic E-state index is -0.981. The van der Waals surface area contributed by atoms with E-state index >= 15 is 0 Å². The van der Waals surface area contributed by atoms with Gasteiger partial charge >= 0.3 is 5.97 Å². The van der Waals surface area contributed by atoms with Gasteiger partial charge in [0.2, 0.25) is 5.91 Å². The average molecular weight is 311 g/mol. The molecule has 0 saturated carbocycles. The largest absolute Gasteiger partial charge is 0.478 e. The Hall–Kier alpha value is -1.40. The fraction of sp³-hybridized carbons (Fsp3) is 0.600. The molecule has 1 atom stereocenters. The van der Waals surface area contributed by atoms with E-state index in [1.807, 2.05) is 13.8 Å². The second kappa shape index (κ2) is 7.04. The normalized spacial score (nSPS) is 17.9. The summed E-state index contributed by atoms with van der Waals surface area (Å²) in [6, 6.07) is 0. The molecule has 0 bridgehead atoms. The number of carboxylic acid groups (broad SMARTS) is 1. The molecule has 2 heterocycles. The number of carbonyl (C=O) groups is 2. The van der Waals surface area contributed by atoms with E-state index in [9.17, 15) is 14.7 Å². The van der Waals surface area contributed by atoms with Crippen LogP contribution in [0, 0.1) is 6.92 Å². The van der Waals surface area contributed by atoms with Crippen molar-refractivity contribution in [2.24, 2.45) is 0 Å². The number of aromatic carboxylic acids is 1. The zero-order chi connectivity index (χ0) is 15.4. The minimum Gasteiger partial charge on any atom is -0.478 e. The maximum atomic E-state index is 12.0. The van der Waals surface area contributed by atoms with Crippen LogP contribution in [0.3, 0.4) is 0 Å². The topological polar surface area (TPSA) is 75.6 Å². The molecular formula is C15H21NO4S. The van der Waals surface area contributed by atoms with Crippen LogP contribution in [0.2, 0.25) is 0 Å². The molecule has 5 nitrogen and oxygen atoms in total. The van der Waals surface area contributed by atoms with Crippen molar-refractivity contribution >= 4 is 28.2 Å². The Labute approximate surface area is 128 Å². The highest BCUT2D eigenvalue weighted by atomic mass is 32.1. The van der Waals surface area contributed by atoms with E-state index in [4.69, 9.17) is 4.74 Å². The van der Waals surface area contributed by atoms with Gasteiger partial charge in [0.1, 0.15) is 5.00 Å². The van der Waals surface area contributed by atoms with Crippen molar-refractivity contribution in [3.8, 4) is 0 Å². The molecular weight excluding hydrogens is 290 g/mol. The lowest BCUT2D eigenvalue weighted by atomic mass is 10.1. The summed E-state index contributed by atoms with van der Waals surface area (Å²) in [6.07, 6.45) is 3.94. The minimum absolute atomic E-state index is 0.142. The van der Waals surface area contributed by atoms with Crippen LogP contribution in [0.15, 0.2) is 0 Å². The highest BCUT2D eigenvalue weighted by molar-refractivity contribution is 7.16. The first-order valence-corrected chi connectivity index (χ1v) is 8.11. The molecule has 2 rings (SSSR count). The van der Waals surface area contributed by atoms with Gasteiger partial charge in [0.05, 0.1) is 11.7 Å². The fourth-order valence-electron chi connectivity index (χ4n) is 2.67. The van der Waals surface area contributed by atoms with E-state index < -0.39 is 5.97 Å². The second-order valence-corrected chi connectivity index (χ2v) is 6.45. The van der Waals surface area contributed by atoms with Crippen molar-refractivity contribution in [3.05, 3.63) is 16.0 Å². The van der Waals surface area contributed by atoms with Gasteiger partial charge in [-0.2, -0.15) is 0 Å². The van der Waals surface area contributed by atoms with Gasteiger partial charge in [0.15, 0.2) is 0 Å². The Bertz CT molecular complexity index is 532. The number of aryl methyl sites for hydroxylation is 1. The number of carbonyl (C=O) groups excluding carboxylic acids is 1. The van der Waals surface area contributed by atoms with Gasteiger partial charge in [-0.25, -0.2) is 4.79 Å². The molecule has 1 fully saturated rings. The number of nitrogens with one attached hydrogen (secondary N) is 1. The Morgan fingerprint density at radius 1 is 1.48 bits per heavy atom. The van der Waals surface area contributed by atoms with E-state index in [2.05, 4.69) is 5.32 Å². The molecule has 0 aliphatic carbocycles. The van der Waals surface area contributed by atoms with E-state index in [1.54, 1.807) is 0 Å². The first-order chi connectivity index (χ1) is 10.0. The highest BCUT2D eigenvalue weighted by Crippen LogP contribution is 2.33. The lowest BCUT2D eigenvalue weighted by Crippen LogP contribution is -2.16. The molecule has 1 aliphatic rings. The third-order valence-corrected chi connectivity index (χ3v) is 4.81. The molecule has 1 unspecified atom stereocenters. The van der Waals surface area contributed by atoms with Crippen LogP contribution in [0.5, 0.6) is 0 Å². The zero-order valence-corrected chi connectivity index (χ0v) is 13.2. The predicted molar refractivity (Wildman–Crippen MR) is 82.2 cm³/mol. The number of rotatable bonds is 6. The lowest BCUT2D eigenvalue weighted by molar-refractivity contribution is -0.116. The van der Waals surface area contributed by atoms with Gasteiger partial charge in [-0.3, -0.25) is 4.79 Å². The summed E-state index contributed by atoms with van der Waals surface area (Å²) >= 11 is 1.34. The molecule has 0 aromatic carbocycles. The molecule has 21 heavy (non-hydrogen) atoms. The number of hydrogen-bond donors (Lipinski definition) is 2. The number of hydrogen-bond acceptors (Lipinski definition) is 4. The van der Waals surface area contributed by atoms with Crippen molar-refractivity contribution in [1.29, 1.82) is 0 Å². The molecule has 0 radical (unpaired) electrons. The molecule has 0 spiro atoms. The standard InChI is InChI=1S/C15H21NO4S/c1-3-11-9(2)21-14(13(11)15(18)19)16-12(17)7-6-10-5-4-8-20-10/h10H,3-8H2,1-2H3,(H,16,17)(H,18,19). The molecule has 1 aromatic rings. The molecule has 116 valence electrons. The van der Waals surface area contributed by atoms with Crippen LogP contribution < -0.4 is 5.32 Å². The van der Waals surface area contributed by atoms with Crippen LogP contribution >= 0.6 is 11.3 Å². The predicted octanol–water partition coefficient (Wildman–Crippen LogP) is 3.21. The maximum Gasteiger partial charge on any atom is 0.339 e. The molecule has 1 saturated heterocycles. The van der Waals surface area contributed by atoms with E-state index in [1.165, 1.54) is 11.3 Å². The van der Waals surface area contributed by atoms with Crippen molar-refractivity contribution < 1.29 is 19.4 Å². The summed E-state index contributed by atoms with van der Waals surface area (Å²) in [5.41, 5.74) is 1.05. The third-order valence-electron chi connectivity index (χ3n) is 3.75. The van der Waals surface area contributed by atoms with Gasteiger partial charge < -0.3 is 15.2 Å². The van der Waals surface area contributed by atoms with Gasteiger partial charge in [-0.15, -0.1) is 11.3 Å². The van der Waals surface area contributed by atoms with Crippen LogP contribution in [-0.4, -0.2) is 29.7 Å². The fourth-order valence-corrected chi connectivity index (χ4v) is 3.83. The van der Waals surface area contributed by atoms with Crippen molar-refractivity contribution in [3.63, 3.8) is 0 Å². The highest BCUT2D eigenvalue weighted by Gasteiger charge is 2.22. The number of thiophene rings is 1. The zero-order valence-electron chi connectivity index (χ0n) is 12.4. The van der Waals surface area contributed by atoms with Crippen LogP contribution in [0.4, 0.5) is 5.00 Å². The molecule has 1 aliphatic heterocycles. The number of amides is 1. The second-order valence-electron chi connectivity index (χ2n) is 5.22. The monoisotopic (exact) mass is 311 g/mol. The van der Waals surface area contributed by atoms with Crippen LogP contribution in [-0.2, 0) is 16.0 Å². The Morgan fingerprint density at radius 3 is 2.81 bits per heavy atom. The summed E-state index contributed by atoms with van der Waals surface area (Å²) in [7, 11) is 0. The Balaban J connectivity index is 2.01. The first-order valence-electron chi connectivity index (χ1n) is 7.30. The van der Waals surface area contributed by atoms with Gasteiger partial charge in [-0.05, 0) is 38.2 Å². The summed E-state index contributed by atoms with van der Waals surface area (Å²) in [6.45, 7) is 4.59. The van der Waals surface area contributed by atoms with E-state index in [-0.39, 0.29) is 17.6 Å². The first kappa shape index (κ1) is 16.0. The van der Waals surface area contributed by atoms with Crippen molar-refractivity contribution in [2.45, 2.75) is 52.1 Å². The molecule has 6 heteroatoms. The quantitative estimate of drug-likeness (QED) is 0.846. The van der Waals surface area contributed by atoms with E-state index in [0.717, 1.165) is 29.9 Å². The lowest BCUT2D eigenvalue weighted by Gasteiger charge is -2.09. The summed E-state index contributed by atoms with van der Waals surface area (Å²) in [5.74, 6) is -1.12. The third kappa shape index (κ3) is 3.83. The molecule has 2 N–H and O–H groups in total. The van der Waals surface area contributed by atoms with Crippen LogP contribution in [0.25, 0.3) is 0 Å². The number of carboxylic acids is 1. The van der Waals surface area contributed by atoms with Gasteiger partial charge in [0, 0.05) is 17.9 Å². The number of anilines is 1. The van der Waals surface area contributed by atoms with Gasteiger partial charge in [-0.1, -0.05) is 6.92 Å². The Morgan fingerprint density at radius 2 is 2.24 bits per heavy atom. The van der Waals surface area contributed by atoms with Gasteiger partial charge in [0.25, 0.3) is 0 Å². The van der Waals surface area contributed by atoms with Crippen LogP contribution in [0.1, 0.15) is 53.4 Å². The summed E-state index contributed by atoms with van der Waals surface area (Å²) < 4.78 is 5.48. The summed E-state index contributed by atoms with van der Waals surface area (Å²) in [4.78, 5) is 24.3.